The molecular weight excluding hydrogens is 233 g/mol. The zero-order valence-electron chi connectivity index (χ0n) is 11.3. The molecule has 4 heteroatoms. The van der Waals surface area contributed by atoms with E-state index in [2.05, 4.69) is 5.32 Å². The van der Waals surface area contributed by atoms with Crippen LogP contribution in [0.1, 0.15) is 31.9 Å². The van der Waals surface area contributed by atoms with E-state index in [1.807, 2.05) is 13.8 Å². The van der Waals surface area contributed by atoms with Crippen molar-refractivity contribution >= 4 is 0 Å². The zero-order chi connectivity index (χ0) is 13.4. The Kier molecular flexibility index (Phi) is 6.68. The molecule has 1 aromatic carbocycles. The van der Waals surface area contributed by atoms with Gasteiger partial charge in [-0.2, -0.15) is 0 Å². The Balaban J connectivity index is 2.85. The molecule has 1 atom stereocenters. The van der Waals surface area contributed by atoms with Crippen molar-refractivity contribution in [2.24, 2.45) is 0 Å². The summed E-state index contributed by atoms with van der Waals surface area (Å²) in [6.07, 6.45) is 0.793. The normalized spacial score (nSPS) is 12.4. The molecule has 0 aromatic heterocycles. The van der Waals surface area contributed by atoms with Crippen LogP contribution in [0.3, 0.4) is 0 Å². The van der Waals surface area contributed by atoms with Gasteiger partial charge in [-0.25, -0.2) is 4.39 Å². The molecule has 0 aliphatic carbocycles. The smallest absolute Gasteiger partial charge is 0.123 e. The third kappa shape index (κ3) is 4.27. The van der Waals surface area contributed by atoms with E-state index in [9.17, 15) is 4.39 Å². The van der Waals surface area contributed by atoms with E-state index in [0.717, 1.165) is 18.5 Å². The fourth-order valence-electron chi connectivity index (χ4n) is 1.94. The molecule has 1 unspecified atom stereocenters. The molecule has 0 aliphatic heterocycles. The Morgan fingerprint density at radius 2 is 2.11 bits per heavy atom. The molecule has 102 valence electrons. The van der Waals surface area contributed by atoms with Gasteiger partial charge in [-0.05, 0) is 38.1 Å². The average molecular weight is 255 g/mol. The number of hydrogen-bond donors (Lipinski definition) is 1. The Hall–Kier alpha value is -1.13. The third-order valence-corrected chi connectivity index (χ3v) is 2.77. The van der Waals surface area contributed by atoms with Crippen molar-refractivity contribution in [3.05, 3.63) is 29.6 Å². The molecular formula is C14H22FNO2. The molecule has 0 saturated heterocycles. The molecule has 0 amide bonds. The highest BCUT2D eigenvalue weighted by atomic mass is 19.1. The van der Waals surface area contributed by atoms with Crippen molar-refractivity contribution in [1.29, 1.82) is 0 Å². The quantitative estimate of drug-likeness (QED) is 0.724. The van der Waals surface area contributed by atoms with Crippen molar-refractivity contribution in [1.82, 2.24) is 5.32 Å². The predicted molar refractivity (Wildman–Crippen MR) is 70.5 cm³/mol. The van der Waals surface area contributed by atoms with Crippen molar-refractivity contribution in [2.45, 2.75) is 26.3 Å². The minimum absolute atomic E-state index is 0.0483. The number of ether oxygens (including phenoxy) is 2. The van der Waals surface area contributed by atoms with E-state index in [1.54, 1.807) is 13.2 Å². The number of benzene rings is 1. The van der Waals surface area contributed by atoms with Crippen LogP contribution in [0.2, 0.25) is 0 Å². The molecule has 18 heavy (non-hydrogen) atoms. The summed E-state index contributed by atoms with van der Waals surface area (Å²) in [5.74, 6) is 0.462. The second kappa shape index (κ2) is 8.06. The molecule has 1 aromatic rings. The van der Waals surface area contributed by atoms with E-state index in [1.165, 1.54) is 12.1 Å². The van der Waals surface area contributed by atoms with E-state index in [0.29, 0.717) is 19.0 Å². The van der Waals surface area contributed by atoms with Gasteiger partial charge in [0.2, 0.25) is 0 Å². The molecule has 1 rings (SSSR count). The van der Waals surface area contributed by atoms with Gasteiger partial charge in [0.25, 0.3) is 0 Å². The van der Waals surface area contributed by atoms with Gasteiger partial charge in [0.15, 0.2) is 0 Å². The predicted octanol–water partition coefficient (Wildman–Crippen LogP) is 2.91. The maximum Gasteiger partial charge on any atom is 0.123 e. The first-order valence-corrected chi connectivity index (χ1v) is 6.37. The van der Waals surface area contributed by atoms with Crippen LogP contribution in [0, 0.1) is 5.82 Å². The van der Waals surface area contributed by atoms with Crippen molar-refractivity contribution in [2.75, 3.05) is 26.9 Å². The summed E-state index contributed by atoms with van der Waals surface area (Å²) in [5, 5.41) is 3.33. The molecule has 0 spiro atoms. The standard InChI is InChI=1S/C14H22FNO2/c1-4-16-13(8-9-18-5-2)12-10-11(15)6-7-14(12)17-3/h6-7,10,13,16H,4-5,8-9H2,1-3H3. The van der Waals surface area contributed by atoms with Crippen LogP contribution in [-0.2, 0) is 4.74 Å². The van der Waals surface area contributed by atoms with Crippen LogP contribution < -0.4 is 10.1 Å². The molecule has 0 fully saturated rings. The first kappa shape index (κ1) is 14.9. The fraction of sp³-hybridized carbons (Fsp3) is 0.571. The van der Waals surface area contributed by atoms with E-state index in [4.69, 9.17) is 9.47 Å². The summed E-state index contributed by atoms with van der Waals surface area (Å²) < 4.78 is 24.0. The summed E-state index contributed by atoms with van der Waals surface area (Å²) in [6.45, 7) is 6.15. The summed E-state index contributed by atoms with van der Waals surface area (Å²) >= 11 is 0. The summed E-state index contributed by atoms with van der Waals surface area (Å²) in [7, 11) is 1.60. The van der Waals surface area contributed by atoms with Gasteiger partial charge in [-0.3, -0.25) is 0 Å². The fourth-order valence-corrected chi connectivity index (χ4v) is 1.94. The number of methoxy groups -OCH3 is 1. The average Bonchev–Trinajstić information content (AvgIpc) is 2.38. The van der Waals surface area contributed by atoms with Gasteiger partial charge in [-0.1, -0.05) is 6.92 Å². The van der Waals surface area contributed by atoms with Crippen LogP contribution in [0.25, 0.3) is 0 Å². The molecule has 0 saturated carbocycles. The topological polar surface area (TPSA) is 30.5 Å². The van der Waals surface area contributed by atoms with Gasteiger partial charge < -0.3 is 14.8 Å². The lowest BCUT2D eigenvalue weighted by molar-refractivity contribution is 0.136. The first-order chi connectivity index (χ1) is 8.72. The minimum atomic E-state index is -0.245. The molecule has 0 bridgehead atoms. The largest absolute Gasteiger partial charge is 0.496 e. The van der Waals surface area contributed by atoms with E-state index < -0.39 is 0 Å². The van der Waals surface area contributed by atoms with Crippen LogP contribution in [-0.4, -0.2) is 26.9 Å². The Morgan fingerprint density at radius 1 is 1.33 bits per heavy atom. The van der Waals surface area contributed by atoms with Gasteiger partial charge in [0.05, 0.1) is 7.11 Å². The second-order valence-corrected chi connectivity index (χ2v) is 3.98. The highest BCUT2D eigenvalue weighted by Crippen LogP contribution is 2.28. The van der Waals surface area contributed by atoms with E-state index >= 15 is 0 Å². The maximum atomic E-state index is 13.4. The Morgan fingerprint density at radius 3 is 2.72 bits per heavy atom. The van der Waals surface area contributed by atoms with Crippen LogP contribution >= 0.6 is 0 Å². The lowest BCUT2D eigenvalue weighted by Crippen LogP contribution is -2.23. The van der Waals surface area contributed by atoms with Gasteiger partial charge in [-0.15, -0.1) is 0 Å². The molecule has 0 aliphatic rings. The Bertz CT molecular complexity index is 358. The minimum Gasteiger partial charge on any atom is -0.496 e. The summed E-state index contributed by atoms with van der Waals surface area (Å²) in [4.78, 5) is 0. The summed E-state index contributed by atoms with van der Waals surface area (Å²) in [6, 6.07) is 4.65. The first-order valence-electron chi connectivity index (χ1n) is 6.37. The van der Waals surface area contributed by atoms with Crippen molar-refractivity contribution < 1.29 is 13.9 Å². The maximum absolute atomic E-state index is 13.4. The van der Waals surface area contributed by atoms with Gasteiger partial charge >= 0.3 is 0 Å². The molecule has 0 radical (unpaired) electrons. The Labute approximate surface area is 108 Å². The third-order valence-electron chi connectivity index (χ3n) is 2.77. The number of rotatable bonds is 8. The highest BCUT2D eigenvalue weighted by Gasteiger charge is 2.16. The van der Waals surface area contributed by atoms with Crippen molar-refractivity contribution in [3.8, 4) is 5.75 Å². The number of hydrogen-bond acceptors (Lipinski definition) is 3. The monoisotopic (exact) mass is 255 g/mol. The SMILES string of the molecule is CCNC(CCOCC)c1cc(F)ccc1OC. The van der Waals surface area contributed by atoms with Crippen LogP contribution in [0.4, 0.5) is 4.39 Å². The number of halogens is 1. The van der Waals surface area contributed by atoms with E-state index in [-0.39, 0.29) is 11.9 Å². The van der Waals surface area contributed by atoms with Gasteiger partial charge in [0.1, 0.15) is 11.6 Å². The lowest BCUT2D eigenvalue weighted by atomic mass is 10.0. The highest BCUT2D eigenvalue weighted by molar-refractivity contribution is 5.36. The van der Waals surface area contributed by atoms with Crippen LogP contribution in [0.15, 0.2) is 18.2 Å². The molecule has 0 heterocycles. The second-order valence-electron chi connectivity index (χ2n) is 3.98. The lowest BCUT2D eigenvalue weighted by Gasteiger charge is -2.20. The summed E-state index contributed by atoms with van der Waals surface area (Å²) in [5.41, 5.74) is 0.846. The number of nitrogens with one attached hydrogen (secondary N) is 1. The molecule has 3 nitrogen and oxygen atoms in total. The zero-order valence-corrected chi connectivity index (χ0v) is 11.3. The van der Waals surface area contributed by atoms with Gasteiger partial charge in [0, 0.05) is 24.8 Å². The van der Waals surface area contributed by atoms with Crippen molar-refractivity contribution in [3.63, 3.8) is 0 Å². The van der Waals surface area contributed by atoms with Crippen LogP contribution in [0.5, 0.6) is 5.75 Å². The molecule has 1 N–H and O–H groups in total.